The minimum absolute atomic E-state index is 0.115. The van der Waals surface area contributed by atoms with Gasteiger partial charge >= 0.3 is 150 Å². The third-order valence-corrected chi connectivity index (χ3v) is 6.78. The number of nitrogens with zero attached hydrogens (tertiary/aromatic N) is 1. The van der Waals surface area contributed by atoms with Crippen molar-refractivity contribution in [1.29, 1.82) is 0 Å². The van der Waals surface area contributed by atoms with Gasteiger partial charge in [-0.1, -0.05) is 0 Å². The van der Waals surface area contributed by atoms with Crippen LogP contribution >= 0.6 is 11.3 Å². The number of halogens is 3. The molecule has 1 fully saturated rings. The van der Waals surface area contributed by atoms with Gasteiger partial charge < -0.3 is 0 Å². The van der Waals surface area contributed by atoms with Gasteiger partial charge in [0.25, 0.3) is 0 Å². The van der Waals surface area contributed by atoms with Crippen LogP contribution < -0.4 is 19.6 Å². The Labute approximate surface area is 150 Å². The summed E-state index contributed by atoms with van der Waals surface area (Å²) in [5, 5.41) is 2.52. The van der Waals surface area contributed by atoms with Crippen molar-refractivity contribution in [3.05, 3.63) is 18.2 Å². The molecule has 1 aromatic heterocycles. The van der Waals surface area contributed by atoms with Crippen molar-refractivity contribution in [1.82, 2.24) is 10.3 Å². The summed E-state index contributed by atoms with van der Waals surface area (Å²) in [5.74, 6) is -0.664. The van der Waals surface area contributed by atoms with E-state index in [1.807, 2.05) is 0 Å². The first-order chi connectivity index (χ1) is 11.6. The van der Waals surface area contributed by atoms with E-state index in [2.05, 4.69) is 15.0 Å². The molecular formula is C14H12AsF3N3O3S. The molecule has 133 valence electrons. The van der Waals surface area contributed by atoms with Crippen molar-refractivity contribution in [3.8, 4) is 5.75 Å². The number of fused-ring (bicyclic) bond motifs is 1. The second kappa shape index (κ2) is 6.58. The van der Waals surface area contributed by atoms with Gasteiger partial charge in [0.05, 0.1) is 0 Å². The molecule has 1 radical (unpaired) electrons. The number of hydrogen-bond acceptors (Lipinski definition) is 6. The number of nitrogens with one attached hydrogen (secondary N) is 1. The number of rotatable bonds is 6. The number of amides is 1. The molecule has 3 N–H and O–H groups in total. The molecule has 0 bridgehead atoms. The van der Waals surface area contributed by atoms with E-state index in [-0.39, 0.29) is 22.8 Å². The third-order valence-electron chi connectivity index (χ3n) is 3.44. The number of carbonyl (C=O) groups excluding carboxylic acids is 2. The van der Waals surface area contributed by atoms with E-state index in [9.17, 15) is 22.8 Å². The number of benzene rings is 1. The first-order valence-electron chi connectivity index (χ1n) is 7.13. The first kappa shape index (κ1) is 18.2. The van der Waals surface area contributed by atoms with Crippen molar-refractivity contribution in [2.75, 3.05) is 6.54 Å². The monoisotopic (exact) mass is 434 g/mol. The fourth-order valence-corrected chi connectivity index (χ4v) is 5.30. The number of aromatic nitrogens is 1. The number of alkyl halides is 3. The zero-order valence-electron chi connectivity index (χ0n) is 12.6. The SMILES string of the molecule is NC1(C(=O)NCC(=O)[As]c2nc3ccc(OC(F)(F)F)cc3s2)CC1. The summed E-state index contributed by atoms with van der Waals surface area (Å²) < 4.78 is 41.5. The average Bonchev–Trinajstić information content (AvgIpc) is 3.12. The predicted molar refractivity (Wildman–Crippen MR) is 85.9 cm³/mol. The molecule has 25 heavy (non-hydrogen) atoms. The fourth-order valence-electron chi connectivity index (χ4n) is 1.98. The number of ether oxygens (including phenoxy) is 1. The molecule has 0 atom stereocenters. The number of hydrogen-bond donors (Lipinski definition) is 2. The van der Waals surface area contributed by atoms with Crippen molar-refractivity contribution in [2.45, 2.75) is 24.7 Å². The Balaban J connectivity index is 1.61. The summed E-state index contributed by atoms with van der Waals surface area (Å²) in [6.45, 7) is -0.115. The summed E-state index contributed by atoms with van der Waals surface area (Å²) in [4.78, 5) is 27.9. The van der Waals surface area contributed by atoms with Crippen LogP contribution in [0.3, 0.4) is 0 Å². The van der Waals surface area contributed by atoms with Crippen LogP contribution in [-0.4, -0.2) is 49.7 Å². The third kappa shape index (κ3) is 4.71. The second-order valence-electron chi connectivity index (χ2n) is 5.52. The van der Waals surface area contributed by atoms with E-state index in [1.54, 1.807) is 0 Å². The van der Waals surface area contributed by atoms with E-state index in [1.165, 1.54) is 18.2 Å². The number of carbonyl (C=O) groups is 2. The molecule has 2 aromatic rings. The van der Waals surface area contributed by atoms with Gasteiger partial charge in [-0.3, -0.25) is 0 Å². The Morgan fingerprint density at radius 3 is 2.76 bits per heavy atom. The van der Waals surface area contributed by atoms with Gasteiger partial charge in [0.15, 0.2) is 0 Å². The summed E-state index contributed by atoms with van der Waals surface area (Å²) >= 11 is 0.185. The van der Waals surface area contributed by atoms with E-state index in [0.717, 1.165) is 11.3 Å². The molecule has 1 aliphatic rings. The van der Waals surface area contributed by atoms with Gasteiger partial charge in [-0.15, -0.1) is 0 Å². The maximum absolute atomic E-state index is 12.2. The van der Waals surface area contributed by atoms with Gasteiger partial charge in [-0.05, 0) is 0 Å². The van der Waals surface area contributed by atoms with Crippen molar-refractivity contribution >= 4 is 51.6 Å². The molecule has 0 aliphatic heterocycles. The summed E-state index contributed by atoms with van der Waals surface area (Å²) in [5.41, 5.74) is 5.39. The summed E-state index contributed by atoms with van der Waals surface area (Å²) in [7, 11) is 0. The number of nitrogens with two attached hydrogens (primary N) is 1. The second-order valence-corrected chi connectivity index (χ2v) is 9.61. The Morgan fingerprint density at radius 2 is 2.12 bits per heavy atom. The molecule has 3 rings (SSSR count). The average molecular weight is 434 g/mol. The predicted octanol–water partition coefficient (Wildman–Crippen LogP) is 0.658. The van der Waals surface area contributed by atoms with Crippen molar-refractivity contribution in [2.24, 2.45) is 5.73 Å². The van der Waals surface area contributed by atoms with Gasteiger partial charge in [0.2, 0.25) is 0 Å². The Bertz CT molecular complexity index is 836. The molecule has 1 heterocycles. The van der Waals surface area contributed by atoms with E-state index in [0.29, 0.717) is 26.9 Å². The van der Waals surface area contributed by atoms with Crippen LogP contribution in [0.15, 0.2) is 18.2 Å². The fraction of sp³-hybridized carbons (Fsp3) is 0.357. The Morgan fingerprint density at radius 1 is 1.40 bits per heavy atom. The van der Waals surface area contributed by atoms with Gasteiger partial charge in [-0.25, -0.2) is 0 Å². The topological polar surface area (TPSA) is 94.3 Å². The first-order valence-corrected chi connectivity index (χ1v) is 9.82. The Hall–Kier alpha value is -1.64. The molecular weight excluding hydrogens is 422 g/mol. The zero-order chi connectivity index (χ0) is 18.2. The van der Waals surface area contributed by atoms with Crippen LogP contribution in [-0.2, 0) is 9.59 Å². The molecule has 0 spiro atoms. The van der Waals surface area contributed by atoms with Crippen LogP contribution in [0.4, 0.5) is 13.2 Å². The van der Waals surface area contributed by atoms with Gasteiger partial charge in [0.1, 0.15) is 0 Å². The molecule has 0 unspecified atom stereocenters. The molecule has 6 nitrogen and oxygen atoms in total. The molecule has 1 aromatic carbocycles. The standard InChI is InChI=1S/C14H12AsF3N3O3S/c16-14(17,18)24-7-1-2-8-9(5-7)25-12(21-8)15-10(22)6-20-11(23)13(19)3-4-13/h1-2,5H,3-4,6,19H2,(H,20,23). The van der Waals surface area contributed by atoms with Crippen LogP contribution in [0.2, 0.25) is 0 Å². The van der Waals surface area contributed by atoms with Crippen LogP contribution in [0.5, 0.6) is 5.75 Å². The van der Waals surface area contributed by atoms with Crippen molar-refractivity contribution < 1.29 is 27.5 Å². The normalized spacial score (nSPS) is 16.3. The summed E-state index contributed by atoms with van der Waals surface area (Å²) in [6.07, 6.45) is -3.54. The van der Waals surface area contributed by atoms with Crippen LogP contribution in [0.1, 0.15) is 12.8 Å². The molecule has 0 saturated heterocycles. The van der Waals surface area contributed by atoms with Gasteiger partial charge in [-0.2, -0.15) is 0 Å². The summed E-state index contributed by atoms with van der Waals surface area (Å²) in [6, 6.07) is 3.83. The molecule has 1 amide bonds. The maximum atomic E-state index is 12.2. The van der Waals surface area contributed by atoms with Gasteiger partial charge in [0, 0.05) is 0 Å². The number of thiazole rings is 1. The zero-order valence-corrected chi connectivity index (χ0v) is 15.3. The van der Waals surface area contributed by atoms with Crippen LogP contribution in [0.25, 0.3) is 10.2 Å². The molecule has 11 heteroatoms. The quantitative estimate of drug-likeness (QED) is 0.652. The Kier molecular flexibility index (Phi) is 4.78. The molecule has 1 aliphatic carbocycles. The molecule has 1 saturated carbocycles. The van der Waals surface area contributed by atoms with Crippen LogP contribution in [0, 0.1) is 0 Å². The minimum atomic E-state index is -4.76. The van der Waals surface area contributed by atoms with E-state index >= 15 is 0 Å². The van der Waals surface area contributed by atoms with E-state index < -0.39 is 27.7 Å². The van der Waals surface area contributed by atoms with Crippen molar-refractivity contribution in [3.63, 3.8) is 0 Å². The van der Waals surface area contributed by atoms with E-state index in [4.69, 9.17) is 5.73 Å².